The van der Waals surface area contributed by atoms with E-state index in [1.54, 1.807) is 44.6 Å². The highest BCUT2D eigenvalue weighted by Gasteiger charge is 2.12. The summed E-state index contributed by atoms with van der Waals surface area (Å²) in [5.74, 6) is -0.391. The van der Waals surface area contributed by atoms with Gasteiger partial charge in [-0.15, -0.1) is 0 Å². The molecular formula is C20H23N3O6. The van der Waals surface area contributed by atoms with Crippen molar-refractivity contribution >= 4 is 18.0 Å². The Morgan fingerprint density at radius 1 is 1.00 bits per heavy atom. The van der Waals surface area contributed by atoms with Gasteiger partial charge in [-0.1, -0.05) is 12.1 Å². The minimum Gasteiger partial charge on any atom is -0.504 e. The highest BCUT2D eigenvalue weighted by atomic mass is 16.5. The van der Waals surface area contributed by atoms with Gasteiger partial charge in [0, 0.05) is 12.1 Å². The summed E-state index contributed by atoms with van der Waals surface area (Å²) >= 11 is 0. The van der Waals surface area contributed by atoms with E-state index in [0.29, 0.717) is 23.5 Å². The standard InChI is InChI=1S/C20H23N3O6/c1-27-15-8-7-13(11-17(15)29-3)9-10-21-19(25)20(26)23-22-12-14-5-4-6-16(28-2)18(14)24/h4-8,11-12,24H,9-10H2,1-3H3,(H,21,25)(H,23,26)/b22-12-. The van der Waals surface area contributed by atoms with E-state index in [1.807, 2.05) is 6.07 Å². The third-order valence-corrected chi connectivity index (χ3v) is 3.97. The quantitative estimate of drug-likeness (QED) is 0.348. The molecule has 0 saturated heterocycles. The summed E-state index contributed by atoms with van der Waals surface area (Å²) in [4.78, 5) is 23.7. The molecular weight excluding hydrogens is 378 g/mol. The molecule has 2 aromatic rings. The highest BCUT2D eigenvalue weighted by Crippen LogP contribution is 2.28. The molecule has 0 atom stereocenters. The number of nitrogens with zero attached hydrogens (tertiary/aromatic N) is 1. The van der Waals surface area contributed by atoms with Crippen LogP contribution in [0.3, 0.4) is 0 Å². The van der Waals surface area contributed by atoms with Crippen molar-refractivity contribution < 1.29 is 28.9 Å². The second kappa shape index (κ2) is 10.5. The molecule has 29 heavy (non-hydrogen) atoms. The van der Waals surface area contributed by atoms with E-state index in [0.717, 1.165) is 5.56 Å². The van der Waals surface area contributed by atoms with Crippen LogP contribution in [0.5, 0.6) is 23.0 Å². The second-order valence-corrected chi connectivity index (χ2v) is 5.79. The molecule has 0 aliphatic rings. The van der Waals surface area contributed by atoms with Crippen LogP contribution in [0.4, 0.5) is 0 Å². The first kappa shape index (κ1) is 21.5. The van der Waals surface area contributed by atoms with Gasteiger partial charge in [-0.05, 0) is 36.2 Å². The van der Waals surface area contributed by atoms with Crippen molar-refractivity contribution in [3.63, 3.8) is 0 Å². The number of carbonyl (C=O) groups excluding carboxylic acids is 2. The topological polar surface area (TPSA) is 118 Å². The molecule has 0 heterocycles. The smallest absolute Gasteiger partial charge is 0.329 e. The third kappa shape index (κ3) is 5.86. The lowest BCUT2D eigenvalue weighted by molar-refractivity contribution is -0.139. The fourth-order valence-electron chi connectivity index (χ4n) is 2.46. The molecule has 9 heteroatoms. The zero-order valence-electron chi connectivity index (χ0n) is 16.4. The zero-order valence-corrected chi connectivity index (χ0v) is 16.4. The summed E-state index contributed by atoms with van der Waals surface area (Å²) in [6.07, 6.45) is 1.72. The van der Waals surface area contributed by atoms with Gasteiger partial charge < -0.3 is 24.6 Å². The van der Waals surface area contributed by atoms with E-state index in [9.17, 15) is 14.7 Å². The number of hydrogen-bond donors (Lipinski definition) is 3. The van der Waals surface area contributed by atoms with Crippen molar-refractivity contribution in [3.8, 4) is 23.0 Å². The molecule has 2 amide bonds. The number of amides is 2. The van der Waals surface area contributed by atoms with Crippen LogP contribution in [0.1, 0.15) is 11.1 Å². The van der Waals surface area contributed by atoms with Crippen LogP contribution in [-0.4, -0.2) is 51.0 Å². The second-order valence-electron chi connectivity index (χ2n) is 5.79. The first-order chi connectivity index (χ1) is 14.0. The van der Waals surface area contributed by atoms with Gasteiger partial charge in [0.15, 0.2) is 23.0 Å². The van der Waals surface area contributed by atoms with Crippen molar-refractivity contribution in [1.82, 2.24) is 10.7 Å². The van der Waals surface area contributed by atoms with E-state index in [-0.39, 0.29) is 18.0 Å². The Morgan fingerprint density at radius 2 is 1.72 bits per heavy atom. The van der Waals surface area contributed by atoms with Crippen LogP contribution in [0.25, 0.3) is 0 Å². The van der Waals surface area contributed by atoms with E-state index < -0.39 is 11.8 Å². The summed E-state index contributed by atoms with van der Waals surface area (Å²) in [6.45, 7) is 0.252. The Labute approximate surface area is 168 Å². The van der Waals surface area contributed by atoms with E-state index >= 15 is 0 Å². The van der Waals surface area contributed by atoms with Crippen molar-refractivity contribution in [2.45, 2.75) is 6.42 Å². The molecule has 9 nitrogen and oxygen atoms in total. The Balaban J connectivity index is 1.83. The van der Waals surface area contributed by atoms with E-state index in [2.05, 4.69) is 15.8 Å². The van der Waals surface area contributed by atoms with Crippen molar-refractivity contribution in [1.29, 1.82) is 0 Å². The number of phenols is 1. The number of benzene rings is 2. The maximum absolute atomic E-state index is 11.9. The first-order valence-electron chi connectivity index (χ1n) is 8.68. The number of phenolic OH excluding ortho intramolecular Hbond substituents is 1. The Kier molecular flexibility index (Phi) is 7.84. The highest BCUT2D eigenvalue weighted by molar-refractivity contribution is 6.35. The van der Waals surface area contributed by atoms with Gasteiger partial charge in [0.05, 0.1) is 27.5 Å². The van der Waals surface area contributed by atoms with Gasteiger partial charge in [0.1, 0.15) is 0 Å². The normalized spacial score (nSPS) is 10.4. The molecule has 0 aliphatic heterocycles. The van der Waals surface area contributed by atoms with Gasteiger partial charge >= 0.3 is 11.8 Å². The summed E-state index contributed by atoms with van der Waals surface area (Å²) in [5.41, 5.74) is 3.35. The summed E-state index contributed by atoms with van der Waals surface area (Å²) in [6, 6.07) is 10.2. The fraction of sp³-hybridized carbons (Fsp3) is 0.250. The third-order valence-electron chi connectivity index (χ3n) is 3.97. The summed E-state index contributed by atoms with van der Waals surface area (Å²) < 4.78 is 15.4. The lowest BCUT2D eigenvalue weighted by atomic mass is 10.1. The molecule has 0 spiro atoms. The molecule has 0 saturated carbocycles. The molecule has 3 N–H and O–H groups in total. The SMILES string of the molecule is COc1ccc(CCNC(=O)C(=O)N/N=C\c2cccc(OC)c2O)cc1OC. The molecule has 2 aromatic carbocycles. The van der Waals surface area contributed by atoms with Crippen molar-refractivity contribution in [3.05, 3.63) is 47.5 Å². The van der Waals surface area contributed by atoms with Crippen molar-refractivity contribution in [2.75, 3.05) is 27.9 Å². The predicted molar refractivity (Wildman–Crippen MR) is 107 cm³/mol. The van der Waals surface area contributed by atoms with Crippen LogP contribution in [0, 0.1) is 0 Å². The van der Waals surface area contributed by atoms with Crippen LogP contribution >= 0.6 is 0 Å². The Hall–Kier alpha value is -3.75. The lowest BCUT2D eigenvalue weighted by Crippen LogP contribution is -2.38. The number of methoxy groups -OCH3 is 3. The molecule has 0 bridgehead atoms. The number of aromatic hydroxyl groups is 1. The largest absolute Gasteiger partial charge is 0.504 e. The molecule has 0 fully saturated rings. The van der Waals surface area contributed by atoms with Gasteiger partial charge in [-0.3, -0.25) is 9.59 Å². The molecule has 2 rings (SSSR count). The number of para-hydroxylation sites is 1. The van der Waals surface area contributed by atoms with Crippen molar-refractivity contribution in [2.24, 2.45) is 5.10 Å². The van der Waals surface area contributed by atoms with Crippen LogP contribution < -0.4 is 25.0 Å². The molecule has 0 unspecified atom stereocenters. The molecule has 0 aromatic heterocycles. The minimum absolute atomic E-state index is 0.118. The summed E-state index contributed by atoms with van der Waals surface area (Å²) in [7, 11) is 4.51. The first-order valence-corrected chi connectivity index (χ1v) is 8.68. The maximum atomic E-state index is 11.9. The molecule has 0 aliphatic carbocycles. The van der Waals surface area contributed by atoms with Gasteiger partial charge in [0.25, 0.3) is 0 Å². The van der Waals surface area contributed by atoms with Gasteiger partial charge in [0.2, 0.25) is 0 Å². The Morgan fingerprint density at radius 3 is 2.41 bits per heavy atom. The number of hydrogen-bond acceptors (Lipinski definition) is 7. The molecule has 154 valence electrons. The molecule has 0 radical (unpaired) electrons. The summed E-state index contributed by atoms with van der Waals surface area (Å²) in [5, 5.41) is 16.1. The minimum atomic E-state index is -0.920. The van der Waals surface area contributed by atoms with Crippen LogP contribution in [0.2, 0.25) is 0 Å². The average Bonchev–Trinajstić information content (AvgIpc) is 2.74. The number of ether oxygens (including phenoxy) is 3. The van der Waals surface area contributed by atoms with E-state index in [1.165, 1.54) is 13.3 Å². The number of hydrazone groups is 1. The number of rotatable bonds is 8. The van der Waals surface area contributed by atoms with Gasteiger partial charge in [-0.25, -0.2) is 5.43 Å². The lowest BCUT2D eigenvalue weighted by Gasteiger charge is -2.10. The van der Waals surface area contributed by atoms with Crippen LogP contribution in [0.15, 0.2) is 41.5 Å². The van der Waals surface area contributed by atoms with Gasteiger partial charge in [-0.2, -0.15) is 5.10 Å². The Bertz CT molecular complexity index is 898. The number of nitrogens with one attached hydrogen (secondary N) is 2. The fourth-order valence-corrected chi connectivity index (χ4v) is 2.46. The zero-order chi connectivity index (χ0) is 21.2. The van der Waals surface area contributed by atoms with E-state index in [4.69, 9.17) is 14.2 Å². The average molecular weight is 401 g/mol. The monoisotopic (exact) mass is 401 g/mol. The number of carbonyl (C=O) groups is 2. The maximum Gasteiger partial charge on any atom is 0.329 e. The predicted octanol–water partition coefficient (Wildman–Crippen LogP) is 1.23. The van der Waals surface area contributed by atoms with Crippen LogP contribution in [-0.2, 0) is 16.0 Å².